The molecule has 116 valence electrons. The number of carbonyl (C=O) groups excluding carboxylic acids is 1. The van der Waals surface area contributed by atoms with Crippen LogP contribution in [0.15, 0.2) is 4.79 Å². The van der Waals surface area contributed by atoms with E-state index in [-0.39, 0.29) is 10.8 Å². The molecule has 0 aromatic carbocycles. The Labute approximate surface area is 128 Å². The first kappa shape index (κ1) is 14.8. The summed E-state index contributed by atoms with van der Waals surface area (Å²) in [5.41, 5.74) is 0.984. The molecule has 1 aromatic heterocycles. The smallest absolute Gasteiger partial charge is 0.307 e. The molecule has 2 aliphatic heterocycles. The van der Waals surface area contributed by atoms with Crippen LogP contribution in [0.25, 0.3) is 0 Å². The highest BCUT2D eigenvalue weighted by molar-refractivity contribution is 7.09. The largest absolute Gasteiger partial charge is 0.353 e. The van der Waals surface area contributed by atoms with Crippen molar-refractivity contribution in [3.8, 4) is 0 Å². The zero-order valence-electron chi connectivity index (χ0n) is 12.6. The van der Waals surface area contributed by atoms with Crippen LogP contribution in [-0.4, -0.2) is 28.6 Å². The first-order chi connectivity index (χ1) is 10.0. The maximum atomic E-state index is 12.1. The van der Waals surface area contributed by atoms with Gasteiger partial charge in [0.25, 0.3) is 0 Å². The molecule has 21 heavy (non-hydrogen) atoms. The number of fused-ring (bicyclic) bond motifs is 2. The molecule has 2 bridgehead atoms. The van der Waals surface area contributed by atoms with E-state index >= 15 is 0 Å². The van der Waals surface area contributed by atoms with E-state index in [4.69, 9.17) is 0 Å². The number of aryl methyl sites for hydroxylation is 1. The Balaban J connectivity index is 1.51. The van der Waals surface area contributed by atoms with Gasteiger partial charge in [0.2, 0.25) is 5.91 Å². The van der Waals surface area contributed by atoms with Crippen molar-refractivity contribution >= 4 is 17.2 Å². The minimum Gasteiger partial charge on any atom is -0.353 e. The third kappa shape index (κ3) is 3.21. The molecule has 3 heterocycles. The number of nitrogens with one attached hydrogen (secondary N) is 2. The van der Waals surface area contributed by atoms with Crippen LogP contribution >= 0.6 is 11.3 Å². The second kappa shape index (κ2) is 5.93. The van der Waals surface area contributed by atoms with E-state index in [0.717, 1.165) is 23.4 Å². The Hall–Kier alpha value is -1.14. The molecular formula is C15H23N3O2S. The summed E-state index contributed by atoms with van der Waals surface area (Å²) in [6.45, 7) is 4.37. The monoisotopic (exact) mass is 309 g/mol. The summed E-state index contributed by atoms with van der Waals surface area (Å²) >= 11 is 1.26. The molecule has 5 nitrogen and oxygen atoms in total. The number of piperidine rings is 1. The molecule has 0 aliphatic carbocycles. The molecule has 3 rings (SSSR count). The van der Waals surface area contributed by atoms with Crippen LogP contribution in [0.4, 0.5) is 0 Å². The highest BCUT2D eigenvalue weighted by atomic mass is 32.1. The molecule has 2 unspecified atom stereocenters. The Kier molecular flexibility index (Phi) is 4.17. The van der Waals surface area contributed by atoms with Crippen molar-refractivity contribution in [1.29, 1.82) is 0 Å². The van der Waals surface area contributed by atoms with Gasteiger partial charge >= 0.3 is 4.87 Å². The summed E-state index contributed by atoms with van der Waals surface area (Å²) in [6.07, 6.45) is 4.94. The molecule has 0 spiro atoms. The normalized spacial score (nSPS) is 27.8. The number of thiazole rings is 1. The Morgan fingerprint density at radius 1 is 1.33 bits per heavy atom. The summed E-state index contributed by atoms with van der Waals surface area (Å²) in [5.74, 6) is 0.0662. The molecule has 2 atom stereocenters. The third-order valence-corrected chi connectivity index (χ3v) is 5.77. The van der Waals surface area contributed by atoms with Crippen LogP contribution in [0.5, 0.6) is 0 Å². The van der Waals surface area contributed by atoms with Crippen molar-refractivity contribution in [2.24, 2.45) is 0 Å². The van der Waals surface area contributed by atoms with Crippen LogP contribution < -0.4 is 15.5 Å². The quantitative estimate of drug-likeness (QED) is 0.881. The van der Waals surface area contributed by atoms with Gasteiger partial charge in [0.15, 0.2) is 0 Å². The Bertz CT molecular complexity index is 580. The van der Waals surface area contributed by atoms with Gasteiger partial charge in [-0.25, -0.2) is 0 Å². The molecular weight excluding hydrogens is 286 g/mol. The van der Waals surface area contributed by atoms with Crippen molar-refractivity contribution in [3.05, 3.63) is 20.2 Å². The molecule has 2 fully saturated rings. The lowest BCUT2D eigenvalue weighted by Gasteiger charge is -2.29. The average molecular weight is 309 g/mol. The molecule has 0 radical (unpaired) electrons. The predicted octanol–water partition coefficient (Wildman–Crippen LogP) is 1.32. The maximum absolute atomic E-state index is 12.1. The topological polar surface area (TPSA) is 63.1 Å². The number of aromatic nitrogens is 1. The van der Waals surface area contributed by atoms with E-state index in [1.54, 1.807) is 4.57 Å². The first-order valence-electron chi connectivity index (χ1n) is 7.75. The average Bonchev–Trinajstić information content (AvgIpc) is 2.88. The highest BCUT2D eigenvalue weighted by Gasteiger charge is 2.33. The van der Waals surface area contributed by atoms with Crippen molar-refractivity contribution in [3.63, 3.8) is 0 Å². The molecule has 1 amide bonds. The van der Waals surface area contributed by atoms with E-state index < -0.39 is 0 Å². The van der Waals surface area contributed by atoms with Crippen LogP contribution in [0.3, 0.4) is 0 Å². The molecule has 2 saturated heterocycles. The van der Waals surface area contributed by atoms with Gasteiger partial charge in [0, 0.05) is 41.7 Å². The van der Waals surface area contributed by atoms with Gasteiger partial charge in [0.1, 0.15) is 0 Å². The van der Waals surface area contributed by atoms with Gasteiger partial charge in [-0.3, -0.25) is 9.59 Å². The lowest BCUT2D eigenvalue weighted by Crippen LogP contribution is -2.48. The highest BCUT2D eigenvalue weighted by Crippen LogP contribution is 2.26. The van der Waals surface area contributed by atoms with E-state index in [1.165, 1.54) is 24.2 Å². The number of hydrogen-bond donors (Lipinski definition) is 2. The fourth-order valence-corrected chi connectivity index (χ4v) is 4.39. The van der Waals surface area contributed by atoms with E-state index in [9.17, 15) is 9.59 Å². The zero-order chi connectivity index (χ0) is 15.0. The van der Waals surface area contributed by atoms with Crippen molar-refractivity contribution in [1.82, 2.24) is 15.2 Å². The molecule has 1 aromatic rings. The lowest BCUT2D eigenvalue weighted by molar-refractivity contribution is -0.122. The number of carbonyl (C=O) groups is 1. The molecule has 6 heteroatoms. The fraction of sp³-hybridized carbons (Fsp3) is 0.733. The number of rotatable bonds is 4. The van der Waals surface area contributed by atoms with Gasteiger partial charge in [-0.1, -0.05) is 11.3 Å². The van der Waals surface area contributed by atoms with Gasteiger partial charge in [-0.05, 0) is 39.5 Å². The molecule has 2 aliphatic rings. The standard InChI is InChI=1S/C15H23N3O2S/c1-9-10(2)21-15(20)18(9)6-5-14(19)17-13-7-11-3-4-12(8-13)16-11/h11-13,16H,3-8H2,1-2H3,(H,17,19). The summed E-state index contributed by atoms with van der Waals surface area (Å²) in [4.78, 5) is 25.0. The third-order valence-electron chi connectivity index (χ3n) is 4.78. The zero-order valence-corrected chi connectivity index (χ0v) is 13.5. The summed E-state index contributed by atoms with van der Waals surface area (Å²) in [5, 5.41) is 6.72. The maximum Gasteiger partial charge on any atom is 0.307 e. The molecule has 2 N–H and O–H groups in total. The van der Waals surface area contributed by atoms with E-state index in [2.05, 4.69) is 10.6 Å². The Morgan fingerprint density at radius 3 is 2.57 bits per heavy atom. The van der Waals surface area contributed by atoms with Crippen LogP contribution in [0.2, 0.25) is 0 Å². The van der Waals surface area contributed by atoms with E-state index in [1.807, 2.05) is 13.8 Å². The van der Waals surface area contributed by atoms with Crippen molar-refractivity contribution < 1.29 is 4.79 Å². The first-order valence-corrected chi connectivity index (χ1v) is 8.57. The van der Waals surface area contributed by atoms with Crippen LogP contribution in [0, 0.1) is 13.8 Å². The minimum atomic E-state index is 0.0395. The summed E-state index contributed by atoms with van der Waals surface area (Å²) in [6, 6.07) is 1.47. The van der Waals surface area contributed by atoms with Crippen LogP contribution in [0.1, 0.15) is 42.7 Å². The number of amides is 1. The van der Waals surface area contributed by atoms with E-state index in [0.29, 0.717) is 31.1 Å². The fourth-order valence-electron chi connectivity index (χ4n) is 3.53. The predicted molar refractivity (Wildman–Crippen MR) is 83.8 cm³/mol. The van der Waals surface area contributed by atoms with Gasteiger partial charge in [0.05, 0.1) is 0 Å². The number of hydrogen-bond acceptors (Lipinski definition) is 4. The van der Waals surface area contributed by atoms with Gasteiger partial charge < -0.3 is 15.2 Å². The lowest BCUT2D eigenvalue weighted by atomic mass is 10.00. The molecule has 0 saturated carbocycles. The summed E-state index contributed by atoms with van der Waals surface area (Å²) in [7, 11) is 0. The SMILES string of the molecule is Cc1sc(=O)n(CCC(=O)NC2CC3CCC(C2)N3)c1C. The Morgan fingerprint density at radius 2 is 2.00 bits per heavy atom. The second-order valence-electron chi connectivity index (χ2n) is 6.28. The minimum absolute atomic E-state index is 0.0395. The van der Waals surface area contributed by atoms with Gasteiger partial charge in [-0.15, -0.1) is 0 Å². The second-order valence-corrected chi connectivity index (χ2v) is 7.45. The van der Waals surface area contributed by atoms with Crippen LogP contribution in [-0.2, 0) is 11.3 Å². The van der Waals surface area contributed by atoms with Gasteiger partial charge in [-0.2, -0.15) is 0 Å². The number of nitrogens with zero attached hydrogens (tertiary/aromatic N) is 1. The van der Waals surface area contributed by atoms with Crippen molar-refractivity contribution in [2.45, 2.75) is 70.6 Å². The summed E-state index contributed by atoms with van der Waals surface area (Å²) < 4.78 is 1.71. The van der Waals surface area contributed by atoms with Crippen molar-refractivity contribution in [2.75, 3.05) is 0 Å².